The molecule has 16 heavy (non-hydrogen) atoms. The van der Waals surface area contributed by atoms with Crippen LogP contribution in [0.25, 0.3) is 11.0 Å². The zero-order chi connectivity index (χ0) is 11.9. The molecule has 86 valence electrons. The molecule has 1 heterocycles. The number of nitrogens with zero attached hydrogens (tertiary/aromatic N) is 2. The molecule has 0 atom stereocenters. The number of aromatic nitrogens is 2. The fourth-order valence-electron chi connectivity index (χ4n) is 1.88. The Kier molecular flexibility index (Phi) is 2.80. The van der Waals surface area contributed by atoms with Crippen molar-refractivity contribution < 1.29 is 0 Å². The molecule has 0 radical (unpaired) electrons. The molecule has 0 fully saturated rings. The van der Waals surface area contributed by atoms with Gasteiger partial charge >= 0.3 is 0 Å². The van der Waals surface area contributed by atoms with Crippen molar-refractivity contribution in [1.29, 1.82) is 0 Å². The number of aryl methyl sites for hydroxylation is 1. The van der Waals surface area contributed by atoms with Crippen molar-refractivity contribution in [1.82, 2.24) is 9.55 Å². The summed E-state index contributed by atoms with van der Waals surface area (Å²) in [6.07, 6.45) is 0. The summed E-state index contributed by atoms with van der Waals surface area (Å²) in [7, 11) is 0. The van der Waals surface area contributed by atoms with E-state index in [0.29, 0.717) is 16.6 Å². The van der Waals surface area contributed by atoms with Crippen LogP contribution in [0.1, 0.15) is 19.7 Å². The molecule has 0 aliphatic carbocycles. The normalized spacial score (nSPS) is 11.6. The molecule has 0 saturated carbocycles. The van der Waals surface area contributed by atoms with Crippen LogP contribution in [0.4, 0.5) is 5.69 Å². The largest absolute Gasteiger partial charge is 0.397 e. The number of benzene rings is 1. The molecule has 4 heteroatoms. The lowest BCUT2D eigenvalue weighted by atomic mass is 10.2. The van der Waals surface area contributed by atoms with Crippen molar-refractivity contribution in [3.63, 3.8) is 0 Å². The van der Waals surface area contributed by atoms with Gasteiger partial charge in [0, 0.05) is 6.54 Å². The fourth-order valence-corrected chi connectivity index (χ4v) is 2.04. The van der Waals surface area contributed by atoms with Gasteiger partial charge in [0.25, 0.3) is 0 Å². The molecule has 2 N–H and O–H groups in total. The molecule has 3 nitrogen and oxygen atoms in total. The third-order valence-corrected chi connectivity index (χ3v) is 2.93. The van der Waals surface area contributed by atoms with Crippen LogP contribution >= 0.6 is 11.6 Å². The number of halogens is 1. The second kappa shape index (κ2) is 3.98. The quantitative estimate of drug-likeness (QED) is 0.815. The lowest BCUT2D eigenvalue weighted by molar-refractivity contribution is 0.524. The molecule has 2 aromatic rings. The number of nitrogens with two attached hydrogens (primary N) is 1. The molecule has 0 bridgehead atoms. The minimum atomic E-state index is 0.576. The van der Waals surface area contributed by atoms with E-state index < -0.39 is 0 Å². The van der Waals surface area contributed by atoms with Crippen molar-refractivity contribution in [3.8, 4) is 0 Å². The lowest BCUT2D eigenvalue weighted by Crippen LogP contribution is -2.06. The Morgan fingerprint density at radius 1 is 1.44 bits per heavy atom. The van der Waals surface area contributed by atoms with Gasteiger partial charge in [-0.05, 0) is 25.0 Å². The summed E-state index contributed by atoms with van der Waals surface area (Å²) in [5.74, 6) is 1.58. The maximum absolute atomic E-state index is 6.04. The highest BCUT2D eigenvalue weighted by molar-refractivity contribution is 6.33. The fraction of sp³-hybridized carbons (Fsp3) is 0.417. The highest BCUT2D eigenvalue weighted by Gasteiger charge is 2.10. The number of nitrogen functional groups attached to an aromatic ring is 1. The van der Waals surface area contributed by atoms with E-state index in [2.05, 4.69) is 23.4 Å². The van der Waals surface area contributed by atoms with Gasteiger partial charge in [-0.15, -0.1) is 0 Å². The van der Waals surface area contributed by atoms with E-state index in [9.17, 15) is 0 Å². The monoisotopic (exact) mass is 237 g/mol. The van der Waals surface area contributed by atoms with Crippen LogP contribution in [0.3, 0.4) is 0 Å². The van der Waals surface area contributed by atoms with E-state index >= 15 is 0 Å². The Labute approximate surface area is 100 Å². The summed E-state index contributed by atoms with van der Waals surface area (Å²) in [5, 5.41) is 0.595. The average molecular weight is 238 g/mol. The Balaban J connectivity index is 2.64. The zero-order valence-corrected chi connectivity index (χ0v) is 10.5. The van der Waals surface area contributed by atoms with Gasteiger partial charge in [0.1, 0.15) is 5.82 Å². The first kappa shape index (κ1) is 11.3. The first-order valence-electron chi connectivity index (χ1n) is 5.41. The van der Waals surface area contributed by atoms with Crippen LogP contribution in [0.5, 0.6) is 0 Å². The van der Waals surface area contributed by atoms with Crippen molar-refractivity contribution in [3.05, 3.63) is 23.0 Å². The average Bonchev–Trinajstić information content (AvgIpc) is 2.45. The van der Waals surface area contributed by atoms with Crippen molar-refractivity contribution in [2.75, 3.05) is 5.73 Å². The van der Waals surface area contributed by atoms with Gasteiger partial charge in [0.05, 0.1) is 21.7 Å². The van der Waals surface area contributed by atoms with E-state index in [-0.39, 0.29) is 0 Å². The summed E-state index contributed by atoms with van der Waals surface area (Å²) in [6, 6.07) is 3.73. The molecule has 0 saturated heterocycles. The van der Waals surface area contributed by atoms with Crippen LogP contribution in [-0.4, -0.2) is 9.55 Å². The van der Waals surface area contributed by atoms with Crippen LogP contribution in [0.15, 0.2) is 12.1 Å². The molecule has 0 aliphatic rings. The third-order valence-electron chi connectivity index (χ3n) is 2.61. The highest BCUT2D eigenvalue weighted by atomic mass is 35.5. The van der Waals surface area contributed by atoms with Crippen LogP contribution in [0.2, 0.25) is 5.02 Å². The second-order valence-corrected chi connectivity index (χ2v) is 4.93. The number of rotatable bonds is 2. The number of hydrogen-bond donors (Lipinski definition) is 1. The van der Waals surface area contributed by atoms with Crippen molar-refractivity contribution in [2.24, 2.45) is 5.92 Å². The summed E-state index contributed by atoms with van der Waals surface area (Å²) >= 11 is 6.04. The van der Waals surface area contributed by atoms with Gasteiger partial charge in [-0.2, -0.15) is 0 Å². The molecule has 0 amide bonds. The van der Waals surface area contributed by atoms with E-state index in [0.717, 1.165) is 23.4 Å². The molecular formula is C12H16ClN3. The number of fused-ring (bicyclic) bond motifs is 1. The first-order chi connectivity index (χ1) is 7.49. The number of anilines is 1. The Morgan fingerprint density at radius 3 is 2.75 bits per heavy atom. The molecule has 0 aliphatic heterocycles. The van der Waals surface area contributed by atoms with Gasteiger partial charge in [-0.25, -0.2) is 4.98 Å². The third kappa shape index (κ3) is 1.87. The standard InChI is InChI=1S/C12H16ClN3/c1-7(2)6-16-8(3)15-11-5-10(14)9(13)4-12(11)16/h4-5,7H,6,14H2,1-3H3. The maximum atomic E-state index is 6.04. The van der Waals surface area contributed by atoms with Crippen LogP contribution in [0, 0.1) is 12.8 Å². The molecule has 1 aromatic carbocycles. The zero-order valence-electron chi connectivity index (χ0n) is 9.79. The predicted octanol–water partition coefficient (Wildman–Crippen LogP) is 3.24. The second-order valence-electron chi connectivity index (χ2n) is 4.53. The maximum Gasteiger partial charge on any atom is 0.106 e. The van der Waals surface area contributed by atoms with Crippen LogP contribution < -0.4 is 5.73 Å². The molecule has 2 rings (SSSR count). The Bertz CT molecular complexity index is 529. The SMILES string of the molecule is Cc1nc2cc(N)c(Cl)cc2n1CC(C)C. The molecular weight excluding hydrogens is 222 g/mol. The summed E-state index contributed by atoms with van der Waals surface area (Å²) < 4.78 is 2.19. The molecule has 0 spiro atoms. The summed E-state index contributed by atoms with van der Waals surface area (Å²) in [4.78, 5) is 4.49. The minimum Gasteiger partial charge on any atom is -0.397 e. The van der Waals surface area contributed by atoms with Crippen molar-refractivity contribution in [2.45, 2.75) is 27.3 Å². The van der Waals surface area contributed by atoms with Gasteiger partial charge in [-0.1, -0.05) is 25.4 Å². The Morgan fingerprint density at radius 2 is 2.12 bits per heavy atom. The van der Waals surface area contributed by atoms with Gasteiger partial charge in [-0.3, -0.25) is 0 Å². The highest BCUT2D eigenvalue weighted by Crippen LogP contribution is 2.26. The molecule has 0 unspecified atom stereocenters. The smallest absolute Gasteiger partial charge is 0.106 e. The van der Waals surface area contributed by atoms with E-state index in [1.54, 1.807) is 0 Å². The predicted molar refractivity (Wildman–Crippen MR) is 68.7 cm³/mol. The minimum absolute atomic E-state index is 0.576. The van der Waals surface area contributed by atoms with E-state index in [4.69, 9.17) is 17.3 Å². The number of imidazole rings is 1. The summed E-state index contributed by atoms with van der Waals surface area (Å²) in [5.41, 5.74) is 8.33. The van der Waals surface area contributed by atoms with Gasteiger partial charge in [0.2, 0.25) is 0 Å². The topological polar surface area (TPSA) is 43.8 Å². The first-order valence-corrected chi connectivity index (χ1v) is 5.78. The van der Waals surface area contributed by atoms with E-state index in [1.807, 2.05) is 19.1 Å². The van der Waals surface area contributed by atoms with Gasteiger partial charge < -0.3 is 10.3 Å². The number of hydrogen-bond acceptors (Lipinski definition) is 2. The lowest BCUT2D eigenvalue weighted by Gasteiger charge is -2.09. The van der Waals surface area contributed by atoms with Gasteiger partial charge in [0.15, 0.2) is 0 Å². The molecule has 1 aromatic heterocycles. The van der Waals surface area contributed by atoms with Crippen LogP contribution in [-0.2, 0) is 6.54 Å². The summed E-state index contributed by atoms with van der Waals surface area (Å²) in [6.45, 7) is 7.32. The van der Waals surface area contributed by atoms with Crippen molar-refractivity contribution >= 4 is 28.3 Å². The Hall–Kier alpha value is -1.22. The van der Waals surface area contributed by atoms with E-state index in [1.165, 1.54) is 0 Å².